The molecule has 0 unspecified atom stereocenters. The van der Waals surface area contributed by atoms with Crippen LogP contribution in [-0.2, 0) is 9.59 Å². The van der Waals surface area contributed by atoms with Crippen LogP contribution in [0.5, 0.6) is 0 Å². The van der Waals surface area contributed by atoms with Crippen LogP contribution in [0.25, 0.3) is 0 Å². The van der Waals surface area contributed by atoms with Gasteiger partial charge in [-0.1, -0.05) is 62.2 Å². The molecule has 7 heteroatoms. The van der Waals surface area contributed by atoms with Gasteiger partial charge in [0.05, 0.1) is 10.5 Å². The van der Waals surface area contributed by atoms with Gasteiger partial charge in [0.15, 0.2) is 0 Å². The van der Waals surface area contributed by atoms with Crippen LogP contribution in [0.3, 0.4) is 0 Å². The SMILES string of the molecule is CN(C)C(=O)C[C@H]1S[C@H](c2ccccc2Cl)c2cc(Cl)ccc2N(CC(C)(C)C)C1=O. The van der Waals surface area contributed by atoms with Crippen molar-refractivity contribution in [3.8, 4) is 0 Å². The van der Waals surface area contributed by atoms with Crippen molar-refractivity contribution in [2.45, 2.75) is 37.7 Å². The van der Waals surface area contributed by atoms with Crippen LogP contribution in [0, 0.1) is 5.41 Å². The summed E-state index contributed by atoms with van der Waals surface area (Å²) >= 11 is 14.4. The average molecular weight is 479 g/mol. The molecule has 2 atom stereocenters. The Balaban J connectivity index is 2.19. The first-order valence-electron chi connectivity index (χ1n) is 10.2. The fourth-order valence-electron chi connectivity index (χ4n) is 3.61. The topological polar surface area (TPSA) is 40.6 Å². The second-order valence-electron chi connectivity index (χ2n) is 9.21. The molecule has 2 aromatic rings. The van der Waals surface area contributed by atoms with Gasteiger partial charge in [-0.2, -0.15) is 0 Å². The van der Waals surface area contributed by atoms with E-state index in [4.69, 9.17) is 23.2 Å². The van der Waals surface area contributed by atoms with E-state index in [-0.39, 0.29) is 28.9 Å². The number of anilines is 1. The Morgan fingerprint density at radius 2 is 1.77 bits per heavy atom. The molecule has 1 heterocycles. The Morgan fingerprint density at radius 1 is 1.10 bits per heavy atom. The summed E-state index contributed by atoms with van der Waals surface area (Å²) in [4.78, 5) is 29.7. The quantitative estimate of drug-likeness (QED) is 0.536. The highest BCUT2D eigenvalue weighted by Gasteiger charge is 2.39. The summed E-state index contributed by atoms with van der Waals surface area (Å²) in [5.74, 6) is -0.142. The molecule has 0 fully saturated rings. The summed E-state index contributed by atoms with van der Waals surface area (Å²) < 4.78 is 0. The first kappa shape index (κ1) is 24.0. The van der Waals surface area contributed by atoms with E-state index in [0.717, 1.165) is 16.8 Å². The molecule has 0 saturated carbocycles. The Bertz CT molecular complexity index is 988. The third kappa shape index (κ3) is 5.57. The normalized spacial score (nSPS) is 19.1. The molecule has 1 aliphatic heterocycles. The number of thioether (sulfide) groups is 1. The van der Waals surface area contributed by atoms with E-state index in [9.17, 15) is 9.59 Å². The van der Waals surface area contributed by atoms with Crippen LogP contribution in [0.15, 0.2) is 42.5 Å². The predicted molar refractivity (Wildman–Crippen MR) is 131 cm³/mol. The first-order chi connectivity index (χ1) is 14.5. The van der Waals surface area contributed by atoms with Crippen LogP contribution >= 0.6 is 35.0 Å². The van der Waals surface area contributed by atoms with Crippen LogP contribution in [0.1, 0.15) is 43.6 Å². The highest BCUT2D eigenvalue weighted by atomic mass is 35.5. The number of carbonyl (C=O) groups is 2. The lowest BCUT2D eigenvalue weighted by Gasteiger charge is -2.32. The van der Waals surface area contributed by atoms with E-state index in [2.05, 4.69) is 20.8 Å². The van der Waals surface area contributed by atoms with Crippen LogP contribution < -0.4 is 4.90 Å². The number of hydrogen-bond acceptors (Lipinski definition) is 3. The number of amides is 2. The summed E-state index contributed by atoms with van der Waals surface area (Å²) in [6.45, 7) is 6.82. The monoisotopic (exact) mass is 478 g/mol. The van der Waals surface area contributed by atoms with Crippen LogP contribution in [-0.4, -0.2) is 42.6 Å². The lowest BCUT2D eigenvalue weighted by atomic mass is 9.94. The largest absolute Gasteiger partial charge is 0.349 e. The number of rotatable bonds is 4. The summed E-state index contributed by atoms with van der Waals surface area (Å²) in [5, 5.41) is 0.462. The average Bonchev–Trinajstić information content (AvgIpc) is 2.77. The Labute approximate surface area is 198 Å². The van der Waals surface area contributed by atoms with E-state index in [0.29, 0.717) is 16.6 Å². The molecule has 0 spiro atoms. The molecule has 166 valence electrons. The molecule has 0 bridgehead atoms. The molecule has 0 radical (unpaired) electrons. The van der Waals surface area contributed by atoms with Crippen molar-refractivity contribution in [2.24, 2.45) is 5.41 Å². The summed E-state index contributed by atoms with van der Waals surface area (Å²) in [6, 6.07) is 13.3. The zero-order valence-corrected chi connectivity index (χ0v) is 20.8. The maximum Gasteiger partial charge on any atom is 0.240 e. The standard InChI is InChI=1S/C24H28Cl2N2O2S/c1-24(2,3)14-28-19-11-10-15(25)12-17(19)22(16-8-6-7-9-18(16)26)31-20(23(28)30)13-21(29)27(4)5/h6-12,20,22H,13-14H2,1-5H3/t20-,22-/m1/s1. The van der Waals surface area contributed by atoms with Gasteiger partial charge in [0.2, 0.25) is 11.8 Å². The molecule has 0 saturated heterocycles. The van der Waals surface area contributed by atoms with E-state index in [1.165, 1.54) is 16.7 Å². The van der Waals surface area contributed by atoms with Crippen molar-refractivity contribution < 1.29 is 9.59 Å². The number of hydrogen-bond donors (Lipinski definition) is 0. The minimum absolute atomic E-state index is 0.0618. The molecule has 0 aromatic heterocycles. The van der Waals surface area contributed by atoms with Gasteiger partial charge in [-0.3, -0.25) is 9.59 Å². The van der Waals surface area contributed by atoms with Gasteiger partial charge in [0.25, 0.3) is 0 Å². The molecule has 4 nitrogen and oxygen atoms in total. The van der Waals surface area contributed by atoms with E-state index < -0.39 is 5.25 Å². The fraction of sp³-hybridized carbons (Fsp3) is 0.417. The number of benzene rings is 2. The maximum atomic E-state index is 13.8. The van der Waals surface area contributed by atoms with Crippen molar-refractivity contribution in [3.05, 3.63) is 63.6 Å². The second-order valence-corrected chi connectivity index (χ2v) is 11.4. The zero-order valence-electron chi connectivity index (χ0n) is 18.5. The molecular formula is C24H28Cl2N2O2S. The second kappa shape index (κ2) is 9.43. The lowest BCUT2D eigenvalue weighted by Crippen LogP contribution is -2.43. The van der Waals surface area contributed by atoms with Crippen molar-refractivity contribution in [1.29, 1.82) is 0 Å². The van der Waals surface area contributed by atoms with Crippen LogP contribution in [0.2, 0.25) is 10.0 Å². The number of halogens is 2. The number of fused-ring (bicyclic) bond motifs is 1. The highest BCUT2D eigenvalue weighted by Crippen LogP contribution is 2.49. The van der Waals surface area contributed by atoms with Gasteiger partial charge in [-0.15, -0.1) is 11.8 Å². The highest BCUT2D eigenvalue weighted by molar-refractivity contribution is 8.01. The zero-order chi connectivity index (χ0) is 22.9. The van der Waals surface area contributed by atoms with Gasteiger partial charge in [0.1, 0.15) is 0 Å². The Hall–Kier alpha value is -1.69. The molecule has 2 aromatic carbocycles. The minimum atomic E-state index is -0.537. The van der Waals surface area contributed by atoms with Gasteiger partial charge in [-0.25, -0.2) is 0 Å². The Kier molecular flexibility index (Phi) is 7.29. The van der Waals surface area contributed by atoms with Crippen LogP contribution in [0.4, 0.5) is 5.69 Å². The fourth-order valence-corrected chi connectivity index (χ4v) is 5.60. The molecule has 0 aliphatic carbocycles. The van der Waals surface area contributed by atoms with Crippen molar-refractivity contribution in [3.63, 3.8) is 0 Å². The number of carbonyl (C=O) groups excluding carboxylic acids is 2. The summed E-state index contributed by atoms with van der Waals surface area (Å²) in [7, 11) is 3.42. The van der Waals surface area contributed by atoms with E-state index in [1.807, 2.05) is 47.4 Å². The Morgan fingerprint density at radius 3 is 2.39 bits per heavy atom. The predicted octanol–water partition coefficient (Wildman–Crippen LogP) is 6.06. The molecule has 31 heavy (non-hydrogen) atoms. The third-order valence-corrected chi connectivity index (χ3v) is 7.14. The molecule has 3 rings (SSSR count). The van der Waals surface area contributed by atoms with E-state index >= 15 is 0 Å². The number of nitrogens with zero attached hydrogens (tertiary/aromatic N) is 2. The lowest BCUT2D eigenvalue weighted by molar-refractivity contribution is -0.130. The smallest absolute Gasteiger partial charge is 0.240 e. The van der Waals surface area contributed by atoms with Crippen molar-refractivity contribution in [2.75, 3.05) is 25.5 Å². The summed E-state index contributed by atoms with van der Waals surface area (Å²) in [5.41, 5.74) is 2.53. The minimum Gasteiger partial charge on any atom is -0.349 e. The molecule has 1 aliphatic rings. The molecule has 0 N–H and O–H groups in total. The van der Waals surface area contributed by atoms with Crippen molar-refractivity contribution in [1.82, 2.24) is 4.90 Å². The van der Waals surface area contributed by atoms with Gasteiger partial charge in [-0.05, 0) is 40.8 Å². The van der Waals surface area contributed by atoms with E-state index in [1.54, 1.807) is 14.1 Å². The maximum absolute atomic E-state index is 13.8. The third-order valence-electron chi connectivity index (χ3n) is 5.08. The van der Waals surface area contributed by atoms with Gasteiger partial charge >= 0.3 is 0 Å². The molecular weight excluding hydrogens is 451 g/mol. The molecule has 2 amide bonds. The first-order valence-corrected chi connectivity index (χ1v) is 11.9. The van der Waals surface area contributed by atoms with Crippen molar-refractivity contribution >= 4 is 52.5 Å². The summed E-state index contributed by atoms with van der Waals surface area (Å²) in [6.07, 6.45) is 0.125. The van der Waals surface area contributed by atoms with Gasteiger partial charge < -0.3 is 9.80 Å². The van der Waals surface area contributed by atoms with Gasteiger partial charge in [0, 0.05) is 42.8 Å².